The molecule has 0 aliphatic rings. The number of nitrogens with zero attached hydrogens (tertiary/aromatic N) is 1. The van der Waals surface area contributed by atoms with E-state index in [4.69, 9.17) is 17.3 Å². The van der Waals surface area contributed by atoms with Gasteiger partial charge in [0.2, 0.25) is 0 Å². The Morgan fingerprint density at radius 3 is 2.76 bits per heavy atom. The third-order valence-electron chi connectivity index (χ3n) is 2.36. The van der Waals surface area contributed by atoms with Gasteiger partial charge in [0.05, 0.1) is 6.54 Å². The lowest BCUT2D eigenvalue weighted by Crippen LogP contribution is -2.19. The highest BCUT2D eigenvalue weighted by molar-refractivity contribution is 6.31. The highest BCUT2D eigenvalue weighted by Crippen LogP contribution is 2.18. The molecule has 2 rings (SSSR count). The summed E-state index contributed by atoms with van der Waals surface area (Å²) in [5.74, 6) is -0.404. The summed E-state index contributed by atoms with van der Waals surface area (Å²) in [6.45, 7) is 0.267. The number of aromatic nitrogens is 1. The number of hydrogen-bond acceptors (Lipinski definition) is 2. The van der Waals surface area contributed by atoms with Gasteiger partial charge < -0.3 is 10.3 Å². The number of benzene rings is 1. The van der Waals surface area contributed by atoms with E-state index in [9.17, 15) is 9.18 Å². The topological polar surface area (TPSA) is 48.0 Å². The number of nitrogens with two attached hydrogens (primary N) is 1. The van der Waals surface area contributed by atoms with E-state index in [-0.39, 0.29) is 12.1 Å². The predicted molar refractivity (Wildman–Crippen MR) is 65.6 cm³/mol. The fraction of sp³-hybridized carbons (Fsp3) is 0.0833. The number of pyridine rings is 1. The average molecular weight is 253 g/mol. The van der Waals surface area contributed by atoms with Crippen LogP contribution in [0.5, 0.6) is 0 Å². The molecule has 5 heteroatoms. The van der Waals surface area contributed by atoms with Crippen LogP contribution < -0.4 is 11.3 Å². The van der Waals surface area contributed by atoms with E-state index in [0.717, 1.165) is 0 Å². The van der Waals surface area contributed by atoms with Crippen LogP contribution in [0, 0.1) is 5.82 Å². The van der Waals surface area contributed by atoms with E-state index < -0.39 is 5.82 Å². The van der Waals surface area contributed by atoms with Crippen LogP contribution in [0.4, 0.5) is 10.1 Å². The van der Waals surface area contributed by atoms with E-state index in [1.54, 1.807) is 6.07 Å². The number of rotatable bonds is 2. The van der Waals surface area contributed by atoms with Gasteiger partial charge >= 0.3 is 0 Å². The number of anilines is 1. The van der Waals surface area contributed by atoms with Gasteiger partial charge in [-0.15, -0.1) is 0 Å². The van der Waals surface area contributed by atoms with Crippen molar-refractivity contribution in [1.82, 2.24) is 4.57 Å². The summed E-state index contributed by atoms with van der Waals surface area (Å²) in [6.07, 6.45) is 1.53. The molecule has 0 saturated heterocycles. The molecule has 3 nitrogen and oxygen atoms in total. The molecule has 0 radical (unpaired) electrons. The summed E-state index contributed by atoms with van der Waals surface area (Å²) in [6, 6.07) is 6.98. The van der Waals surface area contributed by atoms with Gasteiger partial charge in [0.15, 0.2) is 0 Å². The maximum Gasteiger partial charge on any atom is 0.250 e. The van der Waals surface area contributed by atoms with Crippen LogP contribution in [0.25, 0.3) is 0 Å². The van der Waals surface area contributed by atoms with E-state index in [1.165, 1.54) is 35.0 Å². The van der Waals surface area contributed by atoms with Crippen LogP contribution in [0.3, 0.4) is 0 Å². The molecule has 0 fully saturated rings. The molecule has 0 atom stereocenters. The Hall–Kier alpha value is -1.81. The molecule has 0 unspecified atom stereocenters. The molecule has 2 N–H and O–H groups in total. The van der Waals surface area contributed by atoms with Crippen molar-refractivity contribution in [2.75, 3.05) is 5.73 Å². The molecular formula is C12H10ClFN2O. The largest absolute Gasteiger partial charge is 0.398 e. The highest BCUT2D eigenvalue weighted by Gasteiger charge is 2.04. The van der Waals surface area contributed by atoms with E-state index in [1.807, 2.05) is 0 Å². The van der Waals surface area contributed by atoms with Gasteiger partial charge in [0.1, 0.15) is 5.82 Å². The fourth-order valence-corrected chi connectivity index (χ4v) is 1.73. The molecule has 0 spiro atoms. The molecule has 1 heterocycles. The summed E-state index contributed by atoms with van der Waals surface area (Å²) >= 11 is 5.88. The van der Waals surface area contributed by atoms with Gasteiger partial charge in [-0.05, 0) is 23.8 Å². The maximum absolute atomic E-state index is 12.9. The Labute approximate surface area is 102 Å². The zero-order valence-electron chi connectivity index (χ0n) is 8.86. The van der Waals surface area contributed by atoms with Crippen molar-refractivity contribution in [2.45, 2.75) is 6.54 Å². The SMILES string of the molecule is Nc1ccc(=O)n(Cc2ccc(F)cc2Cl)c1. The molecule has 0 aliphatic heterocycles. The lowest BCUT2D eigenvalue weighted by Gasteiger charge is -2.08. The Morgan fingerprint density at radius 2 is 2.06 bits per heavy atom. The molecule has 2 aromatic rings. The van der Waals surface area contributed by atoms with Crippen molar-refractivity contribution < 1.29 is 4.39 Å². The molecule has 0 aliphatic carbocycles. The van der Waals surface area contributed by atoms with Gasteiger partial charge in [-0.3, -0.25) is 4.79 Å². The summed E-state index contributed by atoms with van der Waals surface area (Å²) < 4.78 is 14.3. The second-order valence-electron chi connectivity index (χ2n) is 3.66. The van der Waals surface area contributed by atoms with Crippen LogP contribution in [-0.2, 0) is 6.54 Å². The standard InChI is InChI=1S/C12H10ClFN2O/c13-11-5-9(14)2-1-8(11)6-16-7-10(15)3-4-12(16)17/h1-5,7H,6,15H2. The Bertz CT molecular complexity index is 610. The quantitative estimate of drug-likeness (QED) is 0.891. The van der Waals surface area contributed by atoms with Crippen LogP contribution in [0.2, 0.25) is 5.02 Å². The second-order valence-corrected chi connectivity index (χ2v) is 4.07. The minimum atomic E-state index is -0.404. The van der Waals surface area contributed by atoms with Crippen molar-refractivity contribution in [3.63, 3.8) is 0 Å². The highest BCUT2D eigenvalue weighted by atomic mass is 35.5. The summed E-state index contributed by atoms with van der Waals surface area (Å²) in [5, 5.41) is 0.291. The fourth-order valence-electron chi connectivity index (χ4n) is 1.51. The van der Waals surface area contributed by atoms with Crippen molar-refractivity contribution in [3.05, 3.63) is 63.3 Å². The summed E-state index contributed by atoms with van der Waals surface area (Å²) in [4.78, 5) is 11.5. The summed E-state index contributed by atoms with van der Waals surface area (Å²) in [7, 11) is 0. The van der Waals surface area contributed by atoms with Crippen molar-refractivity contribution >= 4 is 17.3 Å². The normalized spacial score (nSPS) is 10.5. The first-order valence-corrected chi connectivity index (χ1v) is 5.34. The van der Waals surface area contributed by atoms with Gasteiger partial charge in [-0.1, -0.05) is 17.7 Å². The first-order valence-electron chi connectivity index (χ1n) is 4.96. The molecule has 0 amide bonds. The predicted octanol–water partition coefficient (Wildman–Crippen LogP) is 2.27. The minimum Gasteiger partial charge on any atom is -0.398 e. The average Bonchev–Trinajstić information content (AvgIpc) is 2.27. The lowest BCUT2D eigenvalue weighted by molar-refractivity contribution is 0.626. The zero-order chi connectivity index (χ0) is 12.4. The van der Waals surface area contributed by atoms with E-state index in [0.29, 0.717) is 16.3 Å². The molecular weight excluding hydrogens is 243 g/mol. The Balaban J connectivity index is 2.38. The minimum absolute atomic E-state index is 0.181. The maximum atomic E-state index is 12.9. The van der Waals surface area contributed by atoms with E-state index >= 15 is 0 Å². The van der Waals surface area contributed by atoms with Crippen molar-refractivity contribution in [1.29, 1.82) is 0 Å². The zero-order valence-corrected chi connectivity index (χ0v) is 9.62. The lowest BCUT2D eigenvalue weighted by atomic mass is 10.2. The Morgan fingerprint density at radius 1 is 1.29 bits per heavy atom. The smallest absolute Gasteiger partial charge is 0.250 e. The molecule has 17 heavy (non-hydrogen) atoms. The van der Waals surface area contributed by atoms with Gasteiger partial charge in [0.25, 0.3) is 5.56 Å². The number of hydrogen-bond donors (Lipinski definition) is 1. The van der Waals surface area contributed by atoms with Crippen LogP contribution >= 0.6 is 11.6 Å². The monoisotopic (exact) mass is 252 g/mol. The van der Waals surface area contributed by atoms with Crippen LogP contribution in [0.15, 0.2) is 41.3 Å². The molecule has 0 bridgehead atoms. The number of halogens is 2. The van der Waals surface area contributed by atoms with Crippen molar-refractivity contribution in [2.24, 2.45) is 0 Å². The van der Waals surface area contributed by atoms with Gasteiger partial charge in [-0.2, -0.15) is 0 Å². The second kappa shape index (κ2) is 4.59. The van der Waals surface area contributed by atoms with Crippen LogP contribution in [0.1, 0.15) is 5.56 Å². The molecule has 1 aromatic heterocycles. The van der Waals surface area contributed by atoms with Gasteiger partial charge in [-0.25, -0.2) is 4.39 Å². The van der Waals surface area contributed by atoms with E-state index in [2.05, 4.69) is 0 Å². The Kier molecular flexibility index (Phi) is 3.15. The molecule has 1 aromatic carbocycles. The third-order valence-corrected chi connectivity index (χ3v) is 2.71. The van der Waals surface area contributed by atoms with Gasteiger partial charge in [0, 0.05) is 23.0 Å². The molecule has 0 saturated carbocycles. The van der Waals surface area contributed by atoms with Crippen LogP contribution in [-0.4, -0.2) is 4.57 Å². The third kappa shape index (κ3) is 2.65. The van der Waals surface area contributed by atoms with Crippen molar-refractivity contribution in [3.8, 4) is 0 Å². The molecule has 88 valence electrons. The summed E-state index contributed by atoms with van der Waals surface area (Å²) in [5.41, 5.74) is 6.57. The number of nitrogen functional groups attached to an aromatic ring is 1. The first-order chi connectivity index (χ1) is 8.06. The first kappa shape index (κ1) is 11.7.